The van der Waals surface area contributed by atoms with Crippen molar-refractivity contribution in [3.05, 3.63) is 18.0 Å². The van der Waals surface area contributed by atoms with Crippen LogP contribution in [0.5, 0.6) is 0 Å². The van der Waals surface area contributed by atoms with Gasteiger partial charge in [-0.25, -0.2) is 0 Å². The van der Waals surface area contributed by atoms with E-state index in [4.69, 9.17) is 0 Å². The summed E-state index contributed by atoms with van der Waals surface area (Å²) in [6.07, 6.45) is 8.13. The van der Waals surface area contributed by atoms with E-state index in [2.05, 4.69) is 55.9 Å². The molecule has 0 amide bonds. The van der Waals surface area contributed by atoms with Crippen LogP contribution in [0.1, 0.15) is 65.5 Å². The Labute approximate surface area is 117 Å². The SMILES string of the molecule is CC1CCC(n2cc(CNC(C)(C)C)cn2)CC1C. The van der Waals surface area contributed by atoms with Crippen molar-refractivity contribution in [2.75, 3.05) is 0 Å². The van der Waals surface area contributed by atoms with Gasteiger partial charge in [0.25, 0.3) is 0 Å². The third-order valence-corrected chi connectivity index (χ3v) is 4.42. The van der Waals surface area contributed by atoms with E-state index in [-0.39, 0.29) is 5.54 Å². The van der Waals surface area contributed by atoms with Crippen LogP contribution < -0.4 is 5.32 Å². The van der Waals surface area contributed by atoms with Gasteiger partial charge in [0.2, 0.25) is 0 Å². The predicted molar refractivity (Wildman–Crippen MR) is 80.0 cm³/mol. The molecule has 1 aliphatic rings. The molecular formula is C16H29N3. The highest BCUT2D eigenvalue weighted by molar-refractivity contribution is 5.05. The number of hydrogen-bond donors (Lipinski definition) is 1. The van der Waals surface area contributed by atoms with Gasteiger partial charge < -0.3 is 5.32 Å². The highest BCUT2D eigenvalue weighted by Crippen LogP contribution is 2.35. The maximum Gasteiger partial charge on any atom is 0.0534 e. The van der Waals surface area contributed by atoms with E-state index in [1.807, 2.05) is 6.20 Å². The summed E-state index contributed by atoms with van der Waals surface area (Å²) in [5.41, 5.74) is 1.46. The molecule has 1 aromatic heterocycles. The zero-order valence-electron chi connectivity index (χ0n) is 13.1. The summed E-state index contributed by atoms with van der Waals surface area (Å²) < 4.78 is 2.20. The van der Waals surface area contributed by atoms with E-state index < -0.39 is 0 Å². The van der Waals surface area contributed by atoms with E-state index in [0.717, 1.165) is 18.4 Å². The third kappa shape index (κ3) is 4.07. The van der Waals surface area contributed by atoms with Crippen molar-refractivity contribution < 1.29 is 0 Å². The lowest BCUT2D eigenvalue weighted by Crippen LogP contribution is -2.34. The number of rotatable bonds is 3. The fourth-order valence-electron chi connectivity index (χ4n) is 2.79. The average molecular weight is 263 g/mol. The second kappa shape index (κ2) is 5.66. The second-order valence-corrected chi connectivity index (χ2v) is 7.35. The van der Waals surface area contributed by atoms with Gasteiger partial charge in [-0.2, -0.15) is 5.10 Å². The summed E-state index contributed by atoms with van der Waals surface area (Å²) in [6.45, 7) is 12.2. The van der Waals surface area contributed by atoms with Crippen molar-refractivity contribution in [3.63, 3.8) is 0 Å². The smallest absolute Gasteiger partial charge is 0.0534 e. The maximum absolute atomic E-state index is 4.58. The van der Waals surface area contributed by atoms with Crippen molar-refractivity contribution in [3.8, 4) is 0 Å². The molecule has 0 spiro atoms. The van der Waals surface area contributed by atoms with Crippen LogP contribution in [0, 0.1) is 11.8 Å². The van der Waals surface area contributed by atoms with Crippen LogP contribution in [0.4, 0.5) is 0 Å². The second-order valence-electron chi connectivity index (χ2n) is 7.35. The van der Waals surface area contributed by atoms with Gasteiger partial charge in [0.1, 0.15) is 0 Å². The molecule has 0 saturated heterocycles. The highest BCUT2D eigenvalue weighted by Gasteiger charge is 2.26. The minimum atomic E-state index is 0.164. The Balaban J connectivity index is 1.93. The molecular weight excluding hydrogens is 234 g/mol. The number of nitrogens with zero attached hydrogens (tertiary/aromatic N) is 2. The van der Waals surface area contributed by atoms with E-state index in [1.54, 1.807) is 0 Å². The quantitative estimate of drug-likeness (QED) is 0.899. The molecule has 0 bridgehead atoms. The Hall–Kier alpha value is -0.830. The van der Waals surface area contributed by atoms with Crippen LogP contribution in [0.15, 0.2) is 12.4 Å². The number of nitrogens with one attached hydrogen (secondary N) is 1. The van der Waals surface area contributed by atoms with Crippen molar-refractivity contribution in [1.29, 1.82) is 0 Å². The molecule has 2 rings (SSSR count). The fraction of sp³-hybridized carbons (Fsp3) is 0.812. The Morgan fingerprint density at radius 1 is 1.26 bits per heavy atom. The van der Waals surface area contributed by atoms with Gasteiger partial charge in [0.05, 0.1) is 12.2 Å². The summed E-state index contributed by atoms with van der Waals surface area (Å²) in [6, 6.07) is 0.606. The number of hydrogen-bond acceptors (Lipinski definition) is 2. The van der Waals surface area contributed by atoms with Crippen molar-refractivity contribution >= 4 is 0 Å². The molecule has 3 atom stereocenters. The standard InChI is InChI=1S/C16H29N3/c1-12-6-7-15(8-13(12)2)19-11-14(10-18-19)9-17-16(3,4)5/h10-13,15,17H,6-9H2,1-5H3. The minimum absolute atomic E-state index is 0.164. The molecule has 108 valence electrons. The monoisotopic (exact) mass is 263 g/mol. The zero-order chi connectivity index (χ0) is 14.0. The Morgan fingerprint density at radius 2 is 2.00 bits per heavy atom. The average Bonchev–Trinajstić information content (AvgIpc) is 2.78. The van der Waals surface area contributed by atoms with Crippen LogP contribution in [-0.2, 0) is 6.54 Å². The summed E-state index contributed by atoms with van der Waals surface area (Å²) in [5.74, 6) is 1.69. The van der Waals surface area contributed by atoms with Crippen molar-refractivity contribution in [2.45, 2.75) is 72.0 Å². The van der Waals surface area contributed by atoms with Gasteiger partial charge in [-0.1, -0.05) is 13.8 Å². The molecule has 1 N–H and O–H groups in total. The Kier molecular flexibility index (Phi) is 4.34. The Bertz CT molecular complexity index is 402. The van der Waals surface area contributed by atoms with Crippen LogP contribution in [0.3, 0.4) is 0 Å². The maximum atomic E-state index is 4.58. The van der Waals surface area contributed by atoms with E-state index in [0.29, 0.717) is 6.04 Å². The molecule has 1 aromatic rings. The first kappa shape index (κ1) is 14.6. The van der Waals surface area contributed by atoms with Gasteiger partial charge in [-0.3, -0.25) is 4.68 Å². The topological polar surface area (TPSA) is 29.9 Å². The lowest BCUT2D eigenvalue weighted by molar-refractivity contribution is 0.201. The molecule has 3 nitrogen and oxygen atoms in total. The lowest BCUT2D eigenvalue weighted by Gasteiger charge is -2.32. The first-order chi connectivity index (χ1) is 8.85. The molecule has 1 saturated carbocycles. The van der Waals surface area contributed by atoms with Crippen LogP contribution in [-0.4, -0.2) is 15.3 Å². The molecule has 1 fully saturated rings. The van der Waals surface area contributed by atoms with Crippen molar-refractivity contribution in [1.82, 2.24) is 15.1 Å². The first-order valence-corrected chi connectivity index (χ1v) is 7.63. The predicted octanol–water partition coefficient (Wildman–Crippen LogP) is 3.77. The van der Waals surface area contributed by atoms with E-state index in [9.17, 15) is 0 Å². The van der Waals surface area contributed by atoms with Gasteiger partial charge in [-0.05, 0) is 51.9 Å². The Morgan fingerprint density at radius 3 is 2.63 bits per heavy atom. The molecule has 0 radical (unpaired) electrons. The summed E-state index contributed by atoms with van der Waals surface area (Å²) in [5, 5.41) is 8.09. The van der Waals surface area contributed by atoms with E-state index in [1.165, 1.54) is 24.8 Å². The van der Waals surface area contributed by atoms with Gasteiger partial charge >= 0.3 is 0 Å². The largest absolute Gasteiger partial charge is 0.308 e. The fourth-order valence-corrected chi connectivity index (χ4v) is 2.79. The first-order valence-electron chi connectivity index (χ1n) is 7.63. The zero-order valence-corrected chi connectivity index (χ0v) is 13.1. The highest BCUT2D eigenvalue weighted by atomic mass is 15.3. The lowest BCUT2D eigenvalue weighted by atomic mass is 9.79. The minimum Gasteiger partial charge on any atom is -0.308 e. The number of aromatic nitrogens is 2. The van der Waals surface area contributed by atoms with Crippen molar-refractivity contribution in [2.24, 2.45) is 11.8 Å². The summed E-state index contributed by atoms with van der Waals surface area (Å²) >= 11 is 0. The summed E-state index contributed by atoms with van der Waals surface area (Å²) in [7, 11) is 0. The molecule has 1 aliphatic carbocycles. The van der Waals surface area contributed by atoms with Gasteiger partial charge in [0.15, 0.2) is 0 Å². The van der Waals surface area contributed by atoms with Crippen LogP contribution in [0.2, 0.25) is 0 Å². The summed E-state index contributed by atoms with van der Waals surface area (Å²) in [4.78, 5) is 0. The van der Waals surface area contributed by atoms with Crippen LogP contribution in [0.25, 0.3) is 0 Å². The molecule has 19 heavy (non-hydrogen) atoms. The molecule has 0 aromatic carbocycles. The third-order valence-electron chi connectivity index (χ3n) is 4.42. The molecule has 0 aliphatic heterocycles. The normalized spacial score (nSPS) is 28.6. The van der Waals surface area contributed by atoms with Gasteiger partial charge in [0, 0.05) is 23.8 Å². The molecule has 3 heteroatoms. The van der Waals surface area contributed by atoms with Gasteiger partial charge in [-0.15, -0.1) is 0 Å². The molecule has 1 heterocycles. The van der Waals surface area contributed by atoms with E-state index >= 15 is 0 Å². The van der Waals surface area contributed by atoms with Crippen LogP contribution >= 0.6 is 0 Å². The molecule has 3 unspecified atom stereocenters.